The highest BCUT2D eigenvalue weighted by Crippen LogP contribution is 2.39. The van der Waals surface area contributed by atoms with Crippen molar-refractivity contribution >= 4 is 11.9 Å². The van der Waals surface area contributed by atoms with Crippen LogP contribution in [0.3, 0.4) is 0 Å². The lowest BCUT2D eigenvalue weighted by Gasteiger charge is -2.32. The van der Waals surface area contributed by atoms with Crippen LogP contribution in [-0.2, 0) is 31.8 Å². The molecule has 0 saturated carbocycles. The van der Waals surface area contributed by atoms with Crippen molar-refractivity contribution in [2.24, 2.45) is 0 Å². The Labute approximate surface area is 157 Å². The van der Waals surface area contributed by atoms with E-state index >= 15 is 0 Å². The van der Waals surface area contributed by atoms with Crippen LogP contribution in [0.25, 0.3) is 0 Å². The van der Waals surface area contributed by atoms with Gasteiger partial charge in [0.15, 0.2) is 5.78 Å². The summed E-state index contributed by atoms with van der Waals surface area (Å²) in [6, 6.07) is 16.3. The standard InChI is InChI=1S/C22H20O5/c1-25-22(24)27-19-13-12-18(23)21(26-19)20-16-8-4-2-6-14(16)10-11-15-7-3-5-9-17(15)20/h2-9,12-13,19-21H,10-11H2,1H3/t19-,21-/m1/s1. The molecule has 0 spiro atoms. The van der Waals surface area contributed by atoms with Crippen LogP contribution in [0, 0.1) is 0 Å². The highest BCUT2D eigenvalue weighted by atomic mass is 16.8. The summed E-state index contributed by atoms with van der Waals surface area (Å²) in [5, 5.41) is 0. The van der Waals surface area contributed by atoms with Gasteiger partial charge in [0.2, 0.25) is 6.29 Å². The molecule has 1 aliphatic carbocycles. The molecule has 0 radical (unpaired) electrons. The number of hydrogen-bond donors (Lipinski definition) is 0. The third-order valence-electron chi connectivity index (χ3n) is 5.10. The maximum absolute atomic E-state index is 12.7. The number of ether oxygens (including phenoxy) is 3. The second-order valence-electron chi connectivity index (χ2n) is 6.63. The van der Waals surface area contributed by atoms with Gasteiger partial charge in [-0.05, 0) is 47.2 Å². The van der Waals surface area contributed by atoms with Crippen LogP contribution in [0.5, 0.6) is 0 Å². The van der Waals surface area contributed by atoms with Gasteiger partial charge in [0, 0.05) is 5.92 Å². The lowest BCUT2D eigenvalue weighted by atomic mass is 9.82. The Kier molecular flexibility index (Phi) is 4.77. The fourth-order valence-corrected chi connectivity index (χ4v) is 3.87. The summed E-state index contributed by atoms with van der Waals surface area (Å²) in [6.45, 7) is 0. The number of fused-ring (bicyclic) bond motifs is 2. The molecule has 27 heavy (non-hydrogen) atoms. The summed E-state index contributed by atoms with van der Waals surface area (Å²) < 4.78 is 15.5. The van der Waals surface area contributed by atoms with E-state index in [1.165, 1.54) is 30.4 Å². The van der Waals surface area contributed by atoms with Crippen LogP contribution in [0.2, 0.25) is 0 Å². The molecule has 1 aliphatic heterocycles. The zero-order valence-corrected chi connectivity index (χ0v) is 15.0. The van der Waals surface area contributed by atoms with Gasteiger partial charge in [-0.2, -0.15) is 0 Å². The number of rotatable bonds is 2. The zero-order chi connectivity index (χ0) is 18.8. The van der Waals surface area contributed by atoms with Crippen molar-refractivity contribution in [2.45, 2.75) is 31.2 Å². The lowest BCUT2D eigenvalue weighted by Crippen LogP contribution is -2.39. The molecule has 4 rings (SSSR count). The highest BCUT2D eigenvalue weighted by molar-refractivity contribution is 5.95. The van der Waals surface area contributed by atoms with Crippen molar-refractivity contribution in [3.05, 3.63) is 82.9 Å². The maximum Gasteiger partial charge on any atom is 0.510 e. The van der Waals surface area contributed by atoms with Crippen molar-refractivity contribution in [2.75, 3.05) is 7.11 Å². The first-order chi connectivity index (χ1) is 13.2. The molecule has 2 atom stereocenters. The van der Waals surface area contributed by atoms with Gasteiger partial charge < -0.3 is 14.2 Å². The summed E-state index contributed by atoms with van der Waals surface area (Å²) in [6.07, 6.45) is 2.10. The van der Waals surface area contributed by atoms with E-state index in [9.17, 15) is 9.59 Å². The number of methoxy groups -OCH3 is 1. The first-order valence-corrected chi connectivity index (χ1v) is 8.95. The molecule has 0 amide bonds. The Bertz CT molecular complexity index is 854. The van der Waals surface area contributed by atoms with Gasteiger partial charge in [-0.15, -0.1) is 0 Å². The van der Waals surface area contributed by atoms with E-state index in [2.05, 4.69) is 16.9 Å². The third-order valence-corrected chi connectivity index (χ3v) is 5.10. The summed E-state index contributed by atoms with van der Waals surface area (Å²) in [5.74, 6) is -0.405. The minimum atomic E-state index is -0.956. The van der Waals surface area contributed by atoms with Gasteiger partial charge in [0.25, 0.3) is 0 Å². The molecule has 0 saturated heterocycles. The summed E-state index contributed by atoms with van der Waals surface area (Å²) in [5.41, 5.74) is 4.56. The minimum Gasteiger partial charge on any atom is -0.438 e. The maximum atomic E-state index is 12.7. The van der Waals surface area contributed by atoms with Crippen LogP contribution in [-0.4, -0.2) is 31.4 Å². The fourth-order valence-electron chi connectivity index (χ4n) is 3.87. The minimum absolute atomic E-state index is 0.142. The first-order valence-electron chi connectivity index (χ1n) is 8.95. The highest BCUT2D eigenvalue weighted by Gasteiger charge is 2.38. The monoisotopic (exact) mass is 364 g/mol. The molecular formula is C22H20O5. The Hall–Kier alpha value is -2.92. The van der Waals surface area contributed by atoms with Crippen LogP contribution in [0.15, 0.2) is 60.7 Å². The van der Waals surface area contributed by atoms with Gasteiger partial charge in [0.05, 0.1) is 7.11 Å². The molecule has 5 nitrogen and oxygen atoms in total. The largest absolute Gasteiger partial charge is 0.510 e. The average molecular weight is 364 g/mol. The van der Waals surface area contributed by atoms with E-state index in [1.807, 2.05) is 36.4 Å². The molecule has 0 bridgehead atoms. The van der Waals surface area contributed by atoms with Gasteiger partial charge in [0.1, 0.15) is 6.10 Å². The molecule has 1 heterocycles. The van der Waals surface area contributed by atoms with Gasteiger partial charge in [-0.3, -0.25) is 4.79 Å². The zero-order valence-electron chi connectivity index (χ0n) is 15.0. The van der Waals surface area contributed by atoms with E-state index in [0.29, 0.717) is 0 Å². The second kappa shape index (κ2) is 7.37. The Morgan fingerprint density at radius 1 is 1.00 bits per heavy atom. The van der Waals surface area contributed by atoms with Crippen LogP contribution in [0.4, 0.5) is 4.79 Å². The van der Waals surface area contributed by atoms with Crippen LogP contribution in [0.1, 0.15) is 28.2 Å². The van der Waals surface area contributed by atoms with E-state index in [1.54, 1.807) is 0 Å². The number of ketones is 1. The smallest absolute Gasteiger partial charge is 0.438 e. The topological polar surface area (TPSA) is 61.8 Å². The molecule has 2 aliphatic rings. The van der Waals surface area contributed by atoms with Crippen LogP contribution < -0.4 is 0 Å². The van der Waals surface area contributed by atoms with Crippen molar-refractivity contribution in [1.29, 1.82) is 0 Å². The van der Waals surface area contributed by atoms with Crippen molar-refractivity contribution in [3.8, 4) is 0 Å². The van der Waals surface area contributed by atoms with E-state index in [-0.39, 0.29) is 11.7 Å². The van der Waals surface area contributed by atoms with Gasteiger partial charge >= 0.3 is 6.16 Å². The Morgan fingerprint density at radius 3 is 2.19 bits per heavy atom. The molecule has 2 aromatic carbocycles. The molecule has 0 N–H and O–H groups in total. The number of carbonyl (C=O) groups is 2. The number of hydrogen-bond acceptors (Lipinski definition) is 5. The Morgan fingerprint density at radius 2 is 1.59 bits per heavy atom. The molecule has 0 aromatic heterocycles. The first kappa shape index (κ1) is 17.5. The molecule has 138 valence electrons. The third kappa shape index (κ3) is 3.38. The van der Waals surface area contributed by atoms with Gasteiger partial charge in [-0.1, -0.05) is 48.5 Å². The SMILES string of the molecule is COC(=O)O[C@@H]1C=CC(=O)[C@H](C2c3ccccc3CCc3ccccc32)O1. The summed E-state index contributed by atoms with van der Waals surface area (Å²) >= 11 is 0. The Balaban J connectivity index is 1.77. The summed E-state index contributed by atoms with van der Waals surface area (Å²) in [4.78, 5) is 24.2. The number of aryl methyl sites for hydroxylation is 2. The molecule has 0 unspecified atom stereocenters. The lowest BCUT2D eigenvalue weighted by molar-refractivity contribution is -0.154. The predicted octanol–water partition coefficient (Wildman–Crippen LogP) is 3.55. The second-order valence-corrected chi connectivity index (χ2v) is 6.63. The molecular weight excluding hydrogens is 344 g/mol. The molecule has 2 aromatic rings. The number of carbonyl (C=O) groups excluding carboxylic acids is 2. The van der Waals surface area contributed by atoms with Crippen LogP contribution >= 0.6 is 0 Å². The van der Waals surface area contributed by atoms with E-state index in [0.717, 1.165) is 24.0 Å². The van der Waals surface area contributed by atoms with Crippen molar-refractivity contribution in [1.82, 2.24) is 0 Å². The van der Waals surface area contributed by atoms with Gasteiger partial charge in [-0.25, -0.2) is 4.79 Å². The molecule has 0 fully saturated rings. The van der Waals surface area contributed by atoms with Crippen molar-refractivity contribution in [3.63, 3.8) is 0 Å². The normalized spacial score (nSPS) is 21.7. The predicted molar refractivity (Wildman–Crippen MR) is 98.4 cm³/mol. The quantitative estimate of drug-likeness (QED) is 0.763. The molecule has 5 heteroatoms. The van der Waals surface area contributed by atoms with E-state index in [4.69, 9.17) is 9.47 Å². The number of benzene rings is 2. The average Bonchev–Trinajstić information content (AvgIpc) is 2.86. The summed E-state index contributed by atoms with van der Waals surface area (Å²) in [7, 11) is 1.23. The fraction of sp³-hybridized carbons (Fsp3) is 0.273. The van der Waals surface area contributed by atoms with E-state index < -0.39 is 18.5 Å². The van der Waals surface area contributed by atoms with Crippen molar-refractivity contribution < 1.29 is 23.8 Å².